The van der Waals surface area contributed by atoms with Gasteiger partial charge in [0.2, 0.25) is 0 Å². The Labute approximate surface area is 107 Å². The van der Waals surface area contributed by atoms with E-state index in [1.807, 2.05) is 18.2 Å². The number of hydrogen-bond donors (Lipinski definition) is 0. The summed E-state index contributed by atoms with van der Waals surface area (Å²) in [6, 6.07) is 10.3. The van der Waals surface area contributed by atoms with E-state index in [2.05, 4.69) is 12.1 Å². The van der Waals surface area contributed by atoms with E-state index in [4.69, 9.17) is 4.74 Å². The Bertz CT molecular complexity index is 358. The molecule has 0 radical (unpaired) electrons. The molecule has 1 aliphatic carbocycles. The quantitative estimate of drug-likeness (QED) is 0.802. The summed E-state index contributed by atoms with van der Waals surface area (Å²) in [5.41, 5.74) is 1.23. The van der Waals surface area contributed by atoms with Gasteiger partial charge in [-0.2, -0.15) is 0 Å². The first kappa shape index (κ1) is 12.7. The van der Waals surface area contributed by atoms with E-state index in [9.17, 15) is 4.79 Å². The lowest BCUT2D eigenvalue weighted by molar-refractivity contribution is -0.109. The summed E-state index contributed by atoms with van der Waals surface area (Å²) in [6.45, 7) is 2.34. The van der Waals surface area contributed by atoms with Gasteiger partial charge in [0.15, 0.2) is 5.12 Å². The van der Waals surface area contributed by atoms with E-state index in [-0.39, 0.29) is 5.12 Å². The number of rotatable bonds is 5. The van der Waals surface area contributed by atoms with Crippen molar-refractivity contribution in [1.82, 2.24) is 0 Å². The lowest BCUT2D eigenvalue weighted by atomic mass is 9.84. The predicted octanol–water partition coefficient (Wildman–Crippen LogP) is 3.26. The summed E-state index contributed by atoms with van der Waals surface area (Å²) in [4.78, 5) is 10.8. The van der Waals surface area contributed by atoms with Crippen LogP contribution in [-0.4, -0.2) is 17.0 Å². The third-order valence-electron chi connectivity index (χ3n) is 3.04. The first-order valence-corrected chi connectivity index (χ1v) is 7.01. The number of ether oxygens (including phenoxy) is 1. The number of thioether (sulfide) groups is 1. The van der Waals surface area contributed by atoms with Gasteiger partial charge in [-0.15, -0.1) is 0 Å². The molecule has 17 heavy (non-hydrogen) atoms. The van der Waals surface area contributed by atoms with Crippen molar-refractivity contribution in [3.8, 4) is 0 Å². The molecule has 0 unspecified atom stereocenters. The van der Waals surface area contributed by atoms with Crippen LogP contribution in [0.3, 0.4) is 0 Å². The van der Waals surface area contributed by atoms with E-state index >= 15 is 0 Å². The van der Waals surface area contributed by atoms with Gasteiger partial charge in [0, 0.05) is 12.7 Å². The monoisotopic (exact) mass is 250 g/mol. The van der Waals surface area contributed by atoms with Gasteiger partial charge in [0.05, 0.1) is 12.7 Å². The van der Waals surface area contributed by atoms with Gasteiger partial charge in [-0.25, -0.2) is 0 Å². The van der Waals surface area contributed by atoms with Crippen LogP contribution >= 0.6 is 11.8 Å². The van der Waals surface area contributed by atoms with Gasteiger partial charge in [0.1, 0.15) is 0 Å². The smallest absolute Gasteiger partial charge is 0.185 e. The molecular weight excluding hydrogens is 232 g/mol. The Morgan fingerprint density at radius 1 is 1.35 bits per heavy atom. The van der Waals surface area contributed by atoms with E-state index in [0.717, 1.165) is 18.6 Å². The fourth-order valence-electron chi connectivity index (χ4n) is 1.97. The van der Waals surface area contributed by atoms with Crippen molar-refractivity contribution < 1.29 is 9.53 Å². The second-order valence-corrected chi connectivity index (χ2v) is 5.76. The molecular formula is C14H18O2S. The highest BCUT2D eigenvalue weighted by atomic mass is 32.2. The minimum atomic E-state index is 0.221. The second kappa shape index (κ2) is 6.22. The van der Waals surface area contributed by atoms with Gasteiger partial charge in [-0.3, -0.25) is 4.79 Å². The van der Waals surface area contributed by atoms with E-state index in [1.54, 1.807) is 6.92 Å². The Morgan fingerprint density at radius 2 is 2.06 bits per heavy atom. The van der Waals surface area contributed by atoms with Crippen LogP contribution in [0.5, 0.6) is 0 Å². The maximum absolute atomic E-state index is 10.8. The molecule has 1 aromatic rings. The normalized spacial score (nSPS) is 23.1. The van der Waals surface area contributed by atoms with Gasteiger partial charge in [-0.1, -0.05) is 42.1 Å². The van der Waals surface area contributed by atoms with Crippen LogP contribution in [0.2, 0.25) is 0 Å². The first-order chi connectivity index (χ1) is 8.24. The molecule has 1 fully saturated rings. The Balaban J connectivity index is 1.60. The molecule has 0 atom stereocenters. The largest absolute Gasteiger partial charge is 0.374 e. The average molecular weight is 250 g/mol. The third kappa shape index (κ3) is 4.17. The first-order valence-electron chi connectivity index (χ1n) is 6.03. The molecule has 0 heterocycles. The lowest BCUT2D eigenvalue weighted by Crippen LogP contribution is -2.32. The zero-order valence-corrected chi connectivity index (χ0v) is 10.9. The summed E-state index contributed by atoms with van der Waals surface area (Å²) in [7, 11) is 0. The molecule has 0 spiro atoms. The SMILES string of the molecule is CC(=O)SCC1CC(OCc2ccccc2)C1. The van der Waals surface area contributed by atoms with E-state index in [0.29, 0.717) is 18.6 Å². The molecule has 2 rings (SSSR count). The van der Waals surface area contributed by atoms with Crippen molar-refractivity contribution in [2.75, 3.05) is 5.75 Å². The fraction of sp³-hybridized carbons (Fsp3) is 0.500. The van der Waals surface area contributed by atoms with Crippen LogP contribution in [-0.2, 0) is 16.1 Å². The molecule has 0 amide bonds. The summed E-state index contributed by atoms with van der Waals surface area (Å²) in [5, 5.41) is 0.221. The summed E-state index contributed by atoms with van der Waals surface area (Å²) in [5.74, 6) is 1.63. The topological polar surface area (TPSA) is 26.3 Å². The zero-order valence-electron chi connectivity index (χ0n) is 10.1. The van der Waals surface area contributed by atoms with Crippen LogP contribution in [0, 0.1) is 5.92 Å². The summed E-state index contributed by atoms with van der Waals surface area (Å²) >= 11 is 1.44. The molecule has 0 aromatic heterocycles. The van der Waals surface area contributed by atoms with Crippen LogP contribution < -0.4 is 0 Å². The highest BCUT2D eigenvalue weighted by molar-refractivity contribution is 8.13. The number of carbonyl (C=O) groups excluding carboxylic acids is 1. The minimum absolute atomic E-state index is 0.221. The van der Waals surface area contributed by atoms with Gasteiger partial charge in [-0.05, 0) is 24.3 Å². The van der Waals surface area contributed by atoms with Gasteiger partial charge < -0.3 is 4.74 Å². The number of hydrogen-bond acceptors (Lipinski definition) is 3. The molecule has 0 aliphatic heterocycles. The molecule has 3 heteroatoms. The number of benzene rings is 1. The minimum Gasteiger partial charge on any atom is -0.374 e. The van der Waals surface area contributed by atoms with Crippen LogP contribution in [0.15, 0.2) is 30.3 Å². The predicted molar refractivity (Wildman–Crippen MR) is 70.9 cm³/mol. The molecule has 1 aromatic carbocycles. The molecule has 1 saturated carbocycles. The fourth-order valence-corrected chi connectivity index (χ4v) is 2.71. The molecule has 0 bridgehead atoms. The maximum Gasteiger partial charge on any atom is 0.185 e. The van der Waals surface area contributed by atoms with Gasteiger partial charge >= 0.3 is 0 Å². The van der Waals surface area contributed by atoms with Crippen molar-refractivity contribution >= 4 is 16.9 Å². The Hall–Kier alpha value is -0.800. The van der Waals surface area contributed by atoms with E-state index < -0.39 is 0 Å². The van der Waals surface area contributed by atoms with Gasteiger partial charge in [0.25, 0.3) is 0 Å². The van der Waals surface area contributed by atoms with E-state index in [1.165, 1.54) is 17.3 Å². The average Bonchev–Trinajstić information content (AvgIpc) is 2.27. The van der Waals surface area contributed by atoms with Crippen LogP contribution in [0.25, 0.3) is 0 Å². The van der Waals surface area contributed by atoms with Crippen molar-refractivity contribution in [3.05, 3.63) is 35.9 Å². The molecule has 1 aliphatic rings. The molecule has 92 valence electrons. The summed E-state index contributed by atoms with van der Waals surface area (Å²) in [6.07, 6.45) is 2.60. The summed E-state index contributed by atoms with van der Waals surface area (Å²) < 4.78 is 5.81. The Kier molecular flexibility index (Phi) is 4.63. The Morgan fingerprint density at radius 3 is 2.71 bits per heavy atom. The lowest BCUT2D eigenvalue weighted by Gasteiger charge is -2.34. The van der Waals surface area contributed by atoms with Crippen LogP contribution in [0.4, 0.5) is 0 Å². The maximum atomic E-state index is 10.8. The second-order valence-electron chi connectivity index (χ2n) is 4.56. The van der Waals surface area contributed by atoms with Crippen molar-refractivity contribution in [3.63, 3.8) is 0 Å². The number of carbonyl (C=O) groups is 1. The standard InChI is InChI=1S/C14H18O2S/c1-11(15)17-10-13-7-14(8-13)16-9-12-5-3-2-4-6-12/h2-6,13-14H,7-10H2,1H3. The zero-order chi connectivity index (χ0) is 12.1. The van der Waals surface area contributed by atoms with Crippen molar-refractivity contribution in [1.29, 1.82) is 0 Å². The molecule has 0 saturated heterocycles. The molecule has 2 nitrogen and oxygen atoms in total. The third-order valence-corrected chi connectivity index (χ3v) is 4.09. The highest BCUT2D eigenvalue weighted by Gasteiger charge is 2.29. The van der Waals surface area contributed by atoms with Crippen molar-refractivity contribution in [2.24, 2.45) is 5.92 Å². The van der Waals surface area contributed by atoms with Crippen molar-refractivity contribution in [2.45, 2.75) is 32.5 Å². The highest BCUT2D eigenvalue weighted by Crippen LogP contribution is 2.33. The van der Waals surface area contributed by atoms with Crippen LogP contribution in [0.1, 0.15) is 25.3 Å². The molecule has 0 N–H and O–H groups in total.